The molecule has 0 atom stereocenters. The van der Waals surface area contributed by atoms with E-state index in [-0.39, 0.29) is 11.4 Å². The molecule has 0 saturated heterocycles. The first-order chi connectivity index (χ1) is 9.97. The number of aromatic nitrogens is 3. The van der Waals surface area contributed by atoms with Crippen molar-refractivity contribution in [3.63, 3.8) is 0 Å². The van der Waals surface area contributed by atoms with Gasteiger partial charge in [-0.25, -0.2) is 9.50 Å². The topological polar surface area (TPSA) is 47.3 Å². The third kappa shape index (κ3) is 2.49. The minimum Gasteiger partial charge on any atom is -0.298 e. The highest BCUT2D eigenvalue weighted by molar-refractivity contribution is 5.76. The van der Waals surface area contributed by atoms with Gasteiger partial charge in [-0.15, -0.1) is 5.10 Å². The highest BCUT2D eigenvalue weighted by Crippen LogP contribution is 2.31. The van der Waals surface area contributed by atoms with Crippen molar-refractivity contribution in [2.24, 2.45) is 0 Å². The van der Waals surface area contributed by atoms with Crippen LogP contribution in [0.5, 0.6) is 0 Å². The summed E-state index contributed by atoms with van der Waals surface area (Å²) in [7, 11) is 0. The second kappa shape index (κ2) is 4.69. The van der Waals surface area contributed by atoms with Gasteiger partial charge < -0.3 is 0 Å². The molecule has 0 amide bonds. The van der Waals surface area contributed by atoms with E-state index in [1.165, 1.54) is 28.9 Å². The first-order valence-electron chi connectivity index (χ1n) is 5.96. The molecule has 106 valence electrons. The van der Waals surface area contributed by atoms with E-state index in [2.05, 4.69) is 10.1 Å². The molecular formula is C14H8F3N3O. The SMILES string of the molecule is O=Cc1ccn2nc(-c3cccc(C(F)(F)F)c3)nc2c1. The van der Waals surface area contributed by atoms with Gasteiger partial charge in [0.2, 0.25) is 0 Å². The number of hydrogen-bond donors (Lipinski definition) is 0. The van der Waals surface area contributed by atoms with Gasteiger partial charge >= 0.3 is 6.18 Å². The van der Waals surface area contributed by atoms with E-state index in [0.717, 1.165) is 12.1 Å². The van der Waals surface area contributed by atoms with Crippen molar-refractivity contribution in [1.29, 1.82) is 0 Å². The first-order valence-corrected chi connectivity index (χ1v) is 5.96. The molecule has 4 nitrogen and oxygen atoms in total. The highest BCUT2D eigenvalue weighted by Gasteiger charge is 2.30. The van der Waals surface area contributed by atoms with Gasteiger partial charge in [0.25, 0.3) is 0 Å². The lowest BCUT2D eigenvalue weighted by atomic mass is 10.1. The summed E-state index contributed by atoms with van der Waals surface area (Å²) in [4.78, 5) is 14.8. The lowest BCUT2D eigenvalue weighted by molar-refractivity contribution is -0.137. The molecule has 0 aliphatic rings. The number of rotatable bonds is 2. The van der Waals surface area contributed by atoms with Crippen LogP contribution in [0.15, 0.2) is 42.6 Å². The molecule has 2 aromatic heterocycles. The van der Waals surface area contributed by atoms with Crippen LogP contribution in [-0.2, 0) is 6.18 Å². The molecule has 0 saturated carbocycles. The van der Waals surface area contributed by atoms with E-state index in [9.17, 15) is 18.0 Å². The number of carbonyl (C=O) groups is 1. The first kappa shape index (κ1) is 13.3. The van der Waals surface area contributed by atoms with Crippen LogP contribution < -0.4 is 0 Å². The number of carbonyl (C=O) groups excluding carboxylic acids is 1. The average molecular weight is 291 g/mol. The highest BCUT2D eigenvalue weighted by atomic mass is 19.4. The zero-order valence-electron chi connectivity index (χ0n) is 10.5. The van der Waals surface area contributed by atoms with E-state index >= 15 is 0 Å². The Bertz CT molecular complexity index is 824. The van der Waals surface area contributed by atoms with Gasteiger partial charge in [0.05, 0.1) is 5.56 Å². The normalized spacial score (nSPS) is 11.8. The van der Waals surface area contributed by atoms with E-state index in [0.29, 0.717) is 17.5 Å². The Morgan fingerprint density at radius 3 is 2.67 bits per heavy atom. The van der Waals surface area contributed by atoms with Crippen molar-refractivity contribution in [1.82, 2.24) is 14.6 Å². The molecule has 7 heteroatoms. The molecule has 21 heavy (non-hydrogen) atoms. The molecule has 0 bridgehead atoms. The van der Waals surface area contributed by atoms with Gasteiger partial charge in [0, 0.05) is 17.3 Å². The zero-order valence-corrected chi connectivity index (χ0v) is 10.5. The Kier molecular flexibility index (Phi) is 2.97. The molecule has 1 aromatic carbocycles. The number of alkyl halides is 3. The number of benzene rings is 1. The van der Waals surface area contributed by atoms with Crippen molar-refractivity contribution in [3.8, 4) is 11.4 Å². The summed E-state index contributed by atoms with van der Waals surface area (Å²) >= 11 is 0. The van der Waals surface area contributed by atoms with Crippen molar-refractivity contribution in [2.45, 2.75) is 6.18 Å². The van der Waals surface area contributed by atoms with Crippen LogP contribution in [0.1, 0.15) is 15.9 Å². The molecule has 0 aliphatic carbocycles. The van der Waals surface area contributed by atoms with Gasteiger partial charge in [-0.1, -0.05) is 12.1 Å². The van der Waals surface area contributed by atoms with E-state index in [1.54, 1.807) is 6.07 Å². The van der Waals surface area contributed by atoms with Crippen LogP contribution in [0.25, 0.3) is 17.0 Å². The Labute approximate surface area is 116 Å². The maximum absolute atomic E-state index is 12.7. The molecule has 0 fully saturated rings. The lowest BCUT2D eigenvalue weighted by Gasteiger charge is -2.06. The van der Waals surface area contributed by atoms with Crippen LogP contribution in [0.4, 0.5) is 13.2 Å². The molecule has 0 aliphatic heterocycles. The van der Waals surface area contributed by atoms with Crippen LogP contribution in [0.2, 0.25) is 0 Å². The quantitative estimate of drug-likeness (QED) is 0.681. The monoisotopic (exact) mass is 291 g/mol. The Hall–Kier alpha value is -2.70. The zero-order chi connectivity index (χ0) is 15.0. The predicted octanol–water partition coefficient (Wildman–Crippen LogP) is 3.23. The Morgan fingerprint density at radius 1 is 1.14 bits per heavy atom. The fraction of sp³-hybridized carbons (Fsp3) is 0.0714. The number of fused-ring (bicyclic) bond motifs is 1. The van der Waals surface area contributed by atoms with Gasteiger partial charge in [0.1, 0.15) is 6.29 Å². The molecule has 3 rings (SSSR count). The second-order valence-corrected chi connectivity index (χ2v) is 4.39. The number of halogens is 3. The summed E-state index contributed by atoms with van der Waals surface area (Å²) in [5, 5.41) is 4.10. The predicted molar refractivity (Wildman–Crippen MR) is 68.8 cm³/mol. The number of nitrogens with zero attached hydrogens (tertiary/aromatic N) is 3. The van der Waals surface area contributed by atoms with Crippen molar-refractivity contribution in [2.75, 3.05) is 0 Å². The number of aldehydes is 1. The fourth-order valence-corrected chi connectivity index (χ4v) is 1.93. The van der Waals surface area contributed by atoms with E-state index in [4.69, 9.17) is 0 Å². The summed E-state index contributed by atoms with van der Waals surface area (Å²) in [6.07, 6.45) is -2.22. The molecule has 0 unspecified atom stereocenters. The van der Waals surface area contributed by atoms with E-state index in [1.807, 2.05) is 0 Å². The van der Waals surface area contributed by atoms with Gasteiger partial charge in [0.15, 0.2) is 11.5 Å². The summed E-state index contributed by atoms with van der Waals surface area (Å²) in [5.41, 5.74) is 0.325. The third-order valence-corrected chi connectivity index (χ3v) is 2.95. The summed E-state index contributed by atoms with van der Waals surface area (Å²) in [6.45, 7) is 0. The molecule has 3 aromatic rings. The van der Waals surface area contributed by atoms with Crippen molar-refractivity contribution in [3.05, 3.63) is 53.7 Å². The largest absolute Gasteiger partial charge is 0.416 e. The van der Waals surface area contributed by atoms with Crippen LogP contribution >= 0.6 is 0 Å². The number of hydrogen-bond acceptors (Lipinski definition) is 3. The summed E-state index contributed by atoms with van der Waals surface area (Å²) < 4.78 is 39.5. The fourth-order valence-electron chi connectivity index (χ4n) is 1.93. The van der Waals surface area contributed by atoms with Crippen LogP contribution in [0, 0.1) is 0 Å². The molecular weight excluding hydrogens is 283 g/mol. The van der Waals surface area contributed by atoms with Crippen LogP contribution in [0.3, 0.4) is 0 Å². The Balaban J connectivity index is 2.10. The van der Waals surface area contributed by atoms with E-state index < -0.39 is 11.7 Å². The Morgan fingerprint density at radius 2 is 1.95 bits per heavy atom. The smallest absolute Gasteiger partial charge is 0.298 e. The van der Waals surface area contributed by atoms with Gasteiger partial charge in [-0.2, -0.15) is 13.2 Å². The summed E-state index contributed by atoms with van der Waals surface area (Å²) in [5.74, 6) is 0.171. The van der Waals surface area contributed by atoms with Gasteiger partial charge in [-0.05, 0) is 24.3 Å². The third-order valence-electron chi connectivity index (χ3n) is 2.95. The molecule has 2 heterocycles. The second-order valence-electron chi connectivity index (χ2n) is 4.39. The number of pyridine rings is 1. The summed E-state index contributed by atoms with van der Waals surface area (Å²) in [6, 6.07) is 7.85. The minimum atomic E-state index is -4.42. The molecule has 0 spiro atoms. The van der Waals surface area contributed by atoms with Crippen LogP contribution in [-0.4, -0.2) is 20.9 Å². The maximum atomic E-state index is 12.7. The van der Waals surface area contributed by atoms with Crippen molar-refractivity contribution >= 4 is 11.9 Å². The maximum Gasteiger partial charge on any atom is 0.416 e. The molecule has 0 N–H and O–H groups in total. The molecule has 0 radical (unpaired) electrons. The average Bonchev–Trinajstić information content (AvgIpc) is 2.89. The lowest BCUT2D eigenvalue weighted by Crippen LogP contribution is -2.04. The van der Waals surface area contributed by atoms with Crippen molar-refractivity contribution < 1.29 is 18.0 Å². The minimum absolute atomic E-state index is 0.171. The van der Waals surface area contributed by atoms with Gasteiger partial charge in [-0.3, -0.25) is 4.79 Å². The standard InChI is InChI=1S/C14H8F3N3O/c15-14(16,17)11-3-1-2-10(7-11)13-18-12-6-9(8-21)4-5-20(12)19-13/h1-8H.